The maximum Gasteiger partial charge on any atom is 0.191 e. The second kappa shape index (κ2) is 13.3. The number of nitrogens with zero attached hydrogens (tertiary/aromatic N) is 5. The summed E-state index contributed by atoms with van der Waals surface area (Å²) in [5, 5.41) is 15.4. The van der Waals surface area contributed by atoms with Crippen LogP contribution in [0.5, 0.6) is 0 Å². The van der Waals surface area contributed by atoms with E-state index in [2.05, 4.69) is 39.6 Å². The van der Waals surface area contributed by atoms with Crippen molar-refractivity contribution in [3.8, 4) is 0 Å². The molecule has 0 bridgehead atoms. The summed E-state index contributed by atoms with van der Waals surface area (Å²) >= 11 is 0. The Kier molecular flexibility index (Phi) is 11.9. The summed E-state index contributed by atoms with van der Waals surface area (Å²) in [4.78, 5) is 7.29. The summed E-state index contributed by atoms with van der Waals surface area (Å²) < 4.78 is 7.40. The fourth-order valence-electron chi connectivity index (χ4n) is 3.17. The molecule has 1 aromatic rings. The predicted molar refractivity (Wildman–Crippen MR) is 124 cm³/mol. The van der Waals surface area contributed by atoms with Crippen LogP contribution in [0.3, 0.4) is 0 Å². The van der Waals surface area contributed by atoms with Crippen molar-refractivity contribution < 1.29 is 4.74 Å². The minimum atomic E-state index is 0. The molecule has 1 aliphatic heterocycles. The third-order valence-electron chi connectivity index (χ3n) is 5.12. The van der Waals surface area contributed by atoms with Gasteiger partial charge in [0, 0.05) is 52.0 Å². The van der Waals surface area contributed by atoms with E-state index >= 15 is 0 Å². The lowest BCUT2D eigenvalue weighted by Gasteiger charge is -2.35. The molecule has 2 N–H and O–H groups in total. The summed E-state index contributed by atoms with van der Waals surface area (Å²) in [6.07, 6.45) is 3.24. The van der Waals surface area contributed by atoms with Gasteiger partial charge in [0.1, 0.15) is 12.4 Å². The summed E-state index contributed by atoms with van der Waals surface area (Å²) in [7, 11) is 1.98. The topological polar surface area (TPSA) is 79.6 Å². The molecule has 0 aliphatic carbocycles. The third-order valence-corrected chi connectivity index (χ3v) is 5.12. The molecule has 1 aromatic heterocycles. The van der Waals surface area contributed by atoms with Crippen molar-refractivity contribution in [3.63, 3.8) is 0 Å². The Morgan fingerprint density at radius 3 is 2.57 bits per heavy atom. The fourth-order valence-corrected chi connectivity index (χ4v) is 3.17. The lowest BCUT2D eigenvalue weighted by atomic mass is 10.0. The van der Waals surface area contributed by atoms with Crippen molar-refractivity contribution in [2.45, 2.75) is 65.6 Å². The van der Waals surface area contributed by atoms with E-state index in [1.165, 1.54) is 0 Å². The molecular formula is C19H38IN7O. The molecule has 0 spiro atoms. The minimum Gasteiger partial charge on any atom is -0.382 e. The van der Waals surface area contributed by atoms with Crippen LogP contribution < -0.4 is 10.6 Å². The molecule has 2 heterocycles. The Balaban J connectivity index is 0.00000392. The third kappa shape index (κ3) is 8.20. The van der Waals surface area contributed by atoms with Crippen LogP contribution in [-0.4, -0.2) is 70.6 Å². The highest BCUT2D eigenvalue weighted by Gasteiger charge is 2.21. The zero-order valence-electron chi connectivity index (χ0n) is 18.1. The predicted octanol–water partition coefficient (Wildman–Crippen LogP) is 2.08. The molecule has 28 heavy (non-hydrogen) atoms. The van der Waals surface area contributed by atoms with Crippen molar-refractivity contribution in [2.75, 3.05) is 32.8 Å². The highest BCUT2D eigenvalue weighted by atomic mass is 127. The van der Waals surface area contributed by atoms with Crippen molar-refractivity contribution in [2.24, 2.45) is 12.0 Å². The first-order valence-electron chi connectivity index (χ1n) is 10.2. The van der Waals surface area contributed by atoms with Crippen LogP contribution in [0.4, 0.5) is 0 Å². The second-order valence-corrected chi connectivity index (χ2v) is 7.41. The first kappa shape index (κ1) is 25.1. The van der Waals surface area contributed by atoms with Gasteiger partial charge < -0.3 is 24.8 Å². The molecule has 9 heteroatoms. The Bertz CT molecular complexity index is 583. The largest absolute Gasteiger partial charge is 0.382 e. The molecule has 1 aliphatic rings. The van der Waals surface area contributed by atoms with E-state index in [0.29, 0.717) is 18.6 Å². The van der Waals surface area contributed by atoms with Crippen molar-refractivity contribution in [1.82, 2.24) is 30.3 Å². The van der Waals surface area contributed by atoms with E-state index in [1.807, 2.05) is 25.5 Å². The summed E-state index contributed by atoms with van der Waals surface area (Å²) in [6.45, 7) is 13.7. The van der Waals surface area contributed by atoms with Gasteiger partial charge in [-0.25, -0.2) is 4.99 Å². The van der Waals surface area contributed by atoms with Crippen LogP contribution in [0.2, 0.25) is 0 Å². The van der Waals surface area contributed by atoms with Gasteiger partial charge in [-0.05, 0) is 47.0 Å². The number of aryl methyl sites for hydroxylation is 1. The number of rotatable bonds is 9. The van der Waals surface area contributed by atoms with Gasteiger partial charge in [0.2, 0.25) is 0 Å². The number of hydrogen-bond acceptors (Lipinski definition) is 5. The number of aromatic nitrogens is 3. The van der Waals surface area contributed by atoms with E-state index in [9.17, 15) is 0 Å². The van der Waals surface area contributed by atoms with Gasteiger partial charge in [-0.15, -0.1) is 34.2 Å². The van der Waals surface area contributed by atoms with Crippen molar-refractivity contribution in [3.05, 3.63) is 11.6 Å². The molecule has 0 radical (unpaired) electrons. The normalized spacial score (nSPS) is 16.3. The number of hydrogen-bond donors (Lipinski definition) is 2. The van der Waals surface area contributed by atoms with Crippen LogP contribution in [-0.2, 0) is 18.3 Å². The van der Waals surface area contributed by atoms with Gasteiger partial charge in [-0.2, -0.15) is 0 Å². The molecule has 2 rings (SSSR count). The number of guanidine groups is 1. The van der Waals surface area contributed by atoms with Crippen LogP contribution >= 0.6 is 24.0 Å². The maximum absolute atomic E-state index is 5.42. The molecule has 1 saturated heterocycles. The van der Waals surface area contributed by atoms with Crippen LogP contribution in [0.25, 0.3) is 0 Å². The first-order chi connectivity index (χ1) is 13.0. The fraction of sp³-hybridized carbons (Fsp3) is 0.842. The van der Waals surface area contributed by atoms with Gasteiger partial charge in [0.15, 0.2) is 11.8 Å². The smallest absolute Gasteiger partial charge is 0.191 e. The summed E-state index contributed by atoms with van der Waals surface area (Å²) in [5.74, 6) is 2.63. The highest BCUT2D eigenvalue weighted by molar-refractivity contribution is 14.0. The van der Waals surface area contributed by atoms with Gasteiger partial charge >= 0.3 is 0 Å². The van der Waals surface area contributed by atoms with E-state index in [4.69, 9.17) is 9.73 Å². The number of nitrogens with one attached hydrogen (secondary N) is 2. The standard InChI is InChI=1S/C19H37N7O.HI/c1-6-27-13-7-10-20-19(21-14-18-24-23-16(4)25(18)5)22-17-8-11-26(12-9-17)15(2)3;/h15,17H,6-14H2,1-5H3,(H2,20,21,22);1H. The second-order valence-electron chi connectivity index (χ2n) is 7.41. The zero-order valence-corrected chi connectivity index (χ0v) is 20.4. The van der Waals surface area contributed by atoms with Crippen LogP contribution in [0.15, 0.2) is 4.99 Å². The summed E-state index contributed by atoms with van der Waals surface area (Å²) in [6, 6.07) is 1.08. The number of piperidine rings is 1. The molecule has 8 nitrogen and oxygen atoms in total. The van der Waals surface area contributed by atoms with E-state index < -0.39 is 0 Å². The van der Waals surface area contributed by atoms with Crippen molar-refractivity contribution in [1.29, 1.82) is 0 Å². The first-order valence-corrected chi connectivity index (χ1v) is 10.2. The average Bonchev–Trinajstić information content (AvgIpc) is 2.98. The average molecular weight is 507 g/mol. The lowest BCUT2D eigenvalue weighted by molar-refractivity contribution is 0.145. The number of aliphatic imine (C=N–C) groups is 1. The van der Waals surface area contributed by atoms with Crippen LogP contribution in [0.1, 0.15) is 51.7 Å². The molecule has 1 fully saturated rings. The molecule has 0 amide bonds. The Morgan fingerprint density at radius 2 is 2.00 bits per heavy atom. The zero-order chi connectivity index (χ0) is 19.6. The van der Waals surface area contributed by atoms with Gasteiger partial charge in [0.25, 0.3) is 0 Å². The van der Waals surface area contributed by atoms with Gasteiger partial charge in [-0.3, -0.25) is 0 Å². The van der Waals surface area contributed by atoms with Crippen LogP contribution in [0, 0.1) is 6.92 Å². The minimum absolute atomic E-state index is 0. The highest BCUT2D eigenvalue weighted by Crippen LogP contribution is 2.13. The molecule has 0 unspecified atom stereocenters. The number of ether oxygens (including phenoxy) is 1. The van der Waals surface area contributed by atoms with Gasteiger partial charge in [0.05, 0.1) is 0 Å². The molecule has 162 valence electrons. The number of likely N-dealkylation sites (tertiary alicyclic amines) is 1. The van der Waals surface area contributed by atoms with Crippen molar-refractivity contribution >= 4 is 29.9 Å². The lowest BCUT2D eigenvalue weighted by Crippen LogP contribution is -2.50. The van der Waals surface area contributed by atoms with Gasteiger partial charge in [-0.1, -0.05) is 0 Å². The van der Waals surface area contributed by atoms with E-state index in [0.717, 1.165) is 69.7 Å². The molecule has 0 atom stereocenters. The molecule has 0 aromatic carbocycles. The SMILES string of the molecule is CCOCCCNC(=NCc1nnc(C)n1C)NC1CCN(C(C)C)CC1.I. The van der Waals surface area contributed by atoms with E-state index in [-0.39, 0.29) is 24.0 Å². The maximum atomic E-state index is 5.42. The Hall–Kier alpha value is -0.940. The Morgan fingerprint density at radius 1 is 1.29 bits per heavy atom. The monoisotopic (exact) mass is 507 g/mol. The molecule has 0 saturated carbocycles. The van der Waals surface area contributed by atoms with E-state index in [1.54, 1.807) is 0 Å². The summed E-state index contributed by atoms with van der Waals surface area (Å²) in [5.41, 5.74) is 0. The quantitative estimate of drug-likeness (QED) is 0.231. The Labute approximate surface area is 186 Å². The molecular weight excluding hydrogens is 469 g/mol. The number of halogens is 1.